The van der Waals surface area contributed by atoms with Crippen molar-refractivity contribution in [2.75, 3.05) is 13.2 Å². The van der Waals surface area contributed by atoms with Crippen molar-refractivity contribution in [1.29, 1.82) is 0 Å². The molecule has 0 N–H and O–H groups in total. The van der Waals surface area contributed by atoms with Gasteiger partial charge in [0, 0.05) is 12.1 Å². The summed E-state index contributed by atoms with van der Waals surface area (Å²) in [7, 11) is 0. The van der Waals surface area contributed by atoms with Gasteiger partial charge in [-0.05, 0) is 25.0 Å². The summed E-state index contributed by atoms with van der Waals surface area (Å²) in [6, 6.07) is 8.81. The average molecular weight is 249 g/mol. The third-order valence-corrected chi connectivity index (χ3v) is 2.77. The Balaban J connectivity index is 2.27. The fourth-order valence-corrected chi connectivity index (χ4v) is 1.67. The zero-order chi connectivity index (χ0) is 13.1. The molecule has 0 spiro atoms. The maximum Gasteiger partial charge on any atom is 0.130 e. The largest absolute Gasteiger partial charge is 0.493 e. The fraction of sp³-hybridized carbons (Fsp3) is 0.625. The van der Waals surface area contributed by atoms with E-state index in [2.05, 4.69) is 19.9 Å². The SMILES string of the molecule is CCCCCOc1[c]ccc(OCCCCC)c1. The second kappa shape index (κ2) is 9.81. The van der Waals surface area contributed by atoms with Crippen LogP contribution in [-0.2, 0) is 0 Å². The van der Waals surface area contributed by atoms with Crippen molar-refractivity contribution < 1.29 is 9.47 Å². The number of benzene rings is 1. The van der Waals surface area contributed by atoms with Gasteiger partial charge in [-0.3, -0.25) is 0 Å². The molecule has 0 bridgehead atoms. The summed E-state index contributed by atoms with van der Waals surface area (Å²) in [5.74, 6) is 1.68. The summed E-state index contributed by atoms with van der Waals surface area (Å²) in [5, 5.41) is 0. The topological polar surface area (TPSA) is 18.5 Å². The minimum Gasteiger partial charge on any atom is -0.493 e. The van der Waals surface area contributed by atoms with E-state index in [1.165, 1.54) is 25.7 Å². The standard InChI is InChI=1S/C16H25O2/c1-3-5-7-12-17-15-10-9-11-16(14-15)18-13-8-6-4-2/h9-10,14H,3-8,12-13H2,1-2H3. The molecule has 101 valence electrons. The maximum absolute atomic E-state index is 5.68. The van der Waals surface area contributed by atoms with E-state index < -0.39 is 0 Å². The molecule has 0 unspecified atom stereocenters. The van der Waals surface area contributed by atoms with Crippen LogP contribution in [0.3, 0.4) is 0 Å². The molecule has 2 heteroatoms. The van der Waals surface area contributed by atoms with Crippen LogP contribution < -0.4 is 9.47 Å². The number of hydrogen-bond donors (Lipinski definition) is 0. The van der Waals surface area contributed by atoms with Crippen molar-refractivity contribution in [2.45, 2.75) is 52.4 Å². The third kappa shape index (κ3) is 6.53. The van der Waals surface area contributed by atoms with E-state index in [-0.39, 0.29) is 0 Å². The summed E-state index contributed by atoms with van der Waals surface area (Å²) < 4.78 is 11.3. The van der Waals surface area contributed by atoms with Crippen LogP contribution in [0.2, 0.25) is 0 Å². The van der Waals surface area contributed by atoms with E-state index in [1.807, 2.05) is 18.2 Å². The first-order valence-corrected chi connectivity index (χ1v) is 7.14. The molecule has 0 atom stereocenters. The quantitative estimate of drug-likeness (QED) is 0.563. The van der Waals surface area contributed by atoms with Gasteiger partial charge < -0.3 is 9.47 Å². The Morgan fingerprint density at radius 1 is 0.944 bits per heavy atom. The monoisotopic (exact) mass is 249 g/mol. The molecule has 1 rings (SSSR count). The summed E-state index contributed by atoms with van der Waals surface area (Å²) >= 11 is 0. The third-order valence-electron chi connectivity index (χ3n) is 2.77. The number of unbranched alkanes of at least 4 members (excludes halogenated alkanes) is 4. The highest BCUT2D eigenvalue weighted by molar-refractivity contribution is 5.31. The lowest BCUT2D eigenvalue weighted by atomic mass is 10.2. The molecule has 1 radical (unpaired) electrons. The maximum atomic E-state index is 5.68. The summed E-state index contributed by atoms with van der Waals surface area (Å²) in [6.07, 6.45) is 7.09. The van der Waals surface area contributed by atoms with E-state index in [9.17, 15) is 0 Å². The highest BCUT2D eigenvalue weighted by Crippen LogP contribution is 2.19. The van der Waals surface area contributed by atoms with Crippen LogP contribution >= 0.6 is 0 Å². The average Bonchev–Trinajstić information content (AvgIpc) is 2.40. The van der Waals surface area contributed by atoms with Gasteiger partial charge in [-0.1, -0.05) is 39.5 Å². The Hall–Kier alpha value is -1.18. The second-order valence-corrected chi connectivity index (χ2v) is 4.50. The molecule has 0 heterocycles. The van der Waals surface area contributed by atoms with E-state index in [0.29, 0.717) is 0 Å². The van der Waals surface area contributed by atoms with Crippen molar-refractivity contribution in [3.63, 3.8) is 0 Å². The molecule has 0 saturated carbocycles. The summed E-state index contributed by atoms with van der Waals surface area (Å²) in [5.41, 5.74) is 0. The lowest BCUT2D eigenvalue weighted by Gasteiger charge is -2.09. The molecule has 0 saturated heterocycles. The second-order valence-electron chi connectivity index (χ2n) is 4.50. The van der Waals surface area contributed by atoms with Crippen molar-refractivity contribution in [3.05, 3.63) is 24.3 Å². The fourth-order valence-electron chi connectivity index (χ4n) is 1.67. The lowest BCUT2D eigenvalue weighted by Crippen LogP contribution is -1.99. The Labute approximate surface area is 111 Å². The zero-order valence-corrected chi connectivity index (χ0v) is 11.7. The Bertz CT molecular complexity index is 282. The number of hydrogen-bond acceptors (Lipinski definition) is 2. The number of rotatable bonds is 10. The molecule has 1 aromatic carbocycles. The van der Waals surface area contributed by atoms with Crippen LogP contribution in [0.4, 0.5) is 0 Å². The molecule has 0 aliphatic carbocycles. The molecule has 0 aliphatic rings. The molecule has 0 aliphatic heterocycles. The van der Waals surface area contributed by atoms with Gasteiger partial charge in [-0.15, -0.1) is 0 Å². The van der Waals surface area contributed by atoms with E-state index in [1.54, 1.807) is 0 Å². The predicted octanol–water partition coefficient (Wildman–Crippen LogP) is 4.62. The normalized spacial score (nSPS) is 10.3. The molecular weight excluding hydrogens is 224 g/mol. The Morgan fingerprint density at radius 2 is 1.61 bits per heavy atom. The molecule has 1 aromatic rings. The smallest absolute Gasteiger partial charge is 0.130 e. The molecule has 0 fully saturated rings. The Kier molecular flexibility index (Phi) is 8.11. The van der Waals surface area contributed by atoms with Crippen LogP contribution in [0.5, 0.6) is 11.5 Å². The van der Waals surface area contributed by atoms with Gasteiger partial charge in [0.1, 0.15) is 11.5 Å². The van der Waals surface area contributed by atoms with E-state index in [4.69, 9.17) is 9.47 Å². The van der Waals surface area contributed by atoms with Crippen LogP contribution in [0.15, 0.2) is 18.2 Å². The van der Waals surface area contributed by atoms with Crippen molar-refractivity contribution in [1.82, 2.24) is 0 Å². The molecule has 0 aromatic heterocycles. The molecule has 0 amide bonds. The number of ether oxygens (including phenoxy) is 2. The van der Waals surface area contributed by atoms with Crippen LogP contribution in [0.25, 0.3) is 0 Å². The minimum absolute atomic E-state index is 0.767. The van der Waals surface area contributed by atoms with Gasteiger partial charge in [0.25, 0.3) is 0 Å². The summed E-state index contributed by atoms with van der Waals surface area (Å²) in [6.45, 7) is 5.94. The first kappa shape index (κ1) is 14.9. The molecular formula is C16H25O2. The van der Waals surface area contributed by atoms with Crippen molar-refractivity contribution >= 4 is 0 Å². The first-order chi connectivity index (χ1) is 8.86. The Morgan fingerprint density at radius 3 is 2.28 bits per heavy atom. The first-order valence-electron chi connectivity index (χ1n) is 7.14. The zero-order valence-electron chi connectivity index (χ0n) is 11.7. The van der Waals surface area contributed by atoms with Crippen LogP contribution in [0, 0.1) is 6.07 Å². The summed E-state index contributed by atoms with van der Waals surface area (Å²) in [4.78, 5) is 0. The van der Waals surface area contributed by atoms with Gasteiger partial charge in [0.05, 0.1) is 13.2 Å². The van der Waals surface area contributed by atoms with Gasteiger partial charge >= 0.3 is 0 Å². The van der Waals surface area contributed by atoms with Crippen molar-refractivity contribution in [3.8, 4) is 11.5 Å². The lowest BCUT2D eigenvalue weighted by molar-refractivity contribution is 0.291. The van der Waals surface area contributed by atoms with Gasteiger partial charge in [-0.2, -0.15) is 0 Å². The molecule has 2 nitrogen and oxygen atoms in total. The molecule has 18 heavy (non-hydrogen) atoms. The van der Waals surface area contributed by atoms with Gasteiger partial charge in [0.2, 0.25) is 0 Å². The highest BCUT2D eigenvalue weighted by atomic mass is 16.5. The minimum atomic E-state index is 0.767. The predicted molar refractivity (Wildman–Crippen MR) is 75.3 cm³/mol. The van der Waals surface area contributed by atoms with Gasteiger partial charge in [0.15, 0.2) is 0 Å². The van der Waals surface area contributed by atoms with E-state index in [0.717, 1.165) is 37.6 Å². The van der Waals surface area contributed by atoms with Crippen LogP contribution in [-0.4, -0.2) is 13.2 Å². The van der Waals surface area contributed by atoms with E-state index >= 15 is 0 Å². The van der Waals surface area contributed by atoms with Crippen LogP contribution in [0.1, 0.15) is 52.4 Å². The highest BCUT2D eigenvalue weighted by Gasteiger charge is 1.98. The van der Waals surface area contributed by atoms with Crippen molar-refractivity contribution in [2.24, 2.45) is 0 Å². The van der Waals surface area contributed by atoms with Gasteiger partial charge in [-0.25, -0.2) is 0 Å².